The predicted octanol–water partition coefficient (Wildman–Crippen LogP) is 1.42. The summed E-state index contributed by atoms with van der Waals surface area (Å²) in [7, 11) is 4.93. The monoisotopic (exact) mass is 264 g/mol. The zero-order chi connectivity index (χ0) is 13.8. The van der Waals surface area contributed by atoms with Gasteiger partial charge in [0.15, 0.2) is 0 Å². The van der Waals surface area contributed by atoms with Crippen molar-refractivity contribution in [2.45, 2.75) is 18.9 Å². The first-order chi connectivity index (χ1) is 9.15. The molecular formula is C14H20N2O3. The summed E-state index contributed by atoms with van der Waals surface area (Å²) in [4.78, 5) is 13.7. The van der Waals surface area contributed by atoms with E-state index in [1.807, 2.05) is 6.07 Å². The lowest BCUT2D eigenvalue weighted by atomic mass is 10.2. The van der Waals surface area contributed by atoms with E-state index in [4.69, 9.17) is 9.47 Å². The van der Waals surface area contributed by atoms with Crippen LogP contribution in [0.1, 0.15) is 12.8 Å². The Morgan fingerprint density at radius 3 is 2.68 bits per heavy atom. The molecule has 0 saturated heterocycles. The van der Waals surface area contributed by atoms with Gasteiger partial charge in [0.1, 0.15) is 11.5 Å². The molecule has 1 N–H and O–H groups in total. The Labute approximate surface area is 113 Å². The normalized spacial score (nSPS) is 14.1. The van der Waals surface area contributed by atoms with Crippen molar-refractivity contribution in [2.24, 2.45) is 0 Å². The van der Waals surface area contributed by atoms with Crippen LogP contribution in [0.4, 0.5) is 5.69 Å². The number of benzene rings is 1. The molecule has 5 heteroatoms. The molecule has 2 rings (SSSR count). The lowest BCUT2D eigenvalue weighted by Crippen LogP contribution is -2.36. The number of carbonyl (C=O) groups excluding carboxylic acids is 1. The predicted molar refractivity (Wildman–Crippen MR) is 74.0 cm³/mol. The maximum absolute atomic E-state index is 12.1. The Kier molecular flexibility index (Phi) is 4.27. The highest BCUT2D eigenvalue weighted by molar-refractivity contribution is 5.96. The molecule has 0 aliphatic heterocycles. The third-order valence-electron chi connectivity index (χ3n) is 3.24. The number of anilines is 1. The van der Waals surface area contributed by atoms with Crippen molar-refractivity contribution in [3.63, 3.8) is 0 Å². The average Bonchev–Trinajstić information content (AvgIpc) is 3.27. The number of amides is 1. The molecule has 0 unspecified atom stereocenters. The molecule has 104 valence electrons. The molecule has 0 bridgehead atoms. The SMILES string of the molecule is COc1ccc(OC)c(N(C)C(=O)CNC2CC2)c1. The molecule has 0 radical (unpaired) electrons. The van der Waals surface area contributed by atoms with E-state index in [1.165, 1.54) is 12.8 Å². The first-order valence-electron chi connectivity index (χ1n) is 6.37. The van der Waals surface area contributed by atoms with Gasteiger partial charge in [-0.3, -0.25) is 4.79 Å². The number of carbonyl (C=O) groups is 1. The minimum absolute atomic E-state index is 0.0125. The fraction of sp³-hybridized carbons (Fsp3) is 0.500. The molecule has 5 nitrogen and oxygen atoms in total. The molecule has 1 amide bonds. The van der Waals surface area contributed by atoms with Crippen molar-refractivity contribution in [2.75, 3.05) is 32.7 Å². The number of rotatable bonds is 6. The van der Waals surface area contributed by atoms with Crippen LogP contribution in [0.3, 0.4) is 0 Å². The number of nitrogens with zero attached hydrogens (tertiary/aromatic N) is 1. The lowest BCUT2D eigenvalue weighted by Gasteiger charge is -2.21. The fourth-order valence-corrected chi connectivity index (χ4v) is 1.83. The van der Waals surface area contributed by atoms with Gasteiger partial charge < -0.3 is 19.7 Å². The number of nitrogens with one attached hydrogen (secondary N) is 1. The summed E-state index contributed by atoms with van der Waals surface area (Å²) in [6.45, 7) is 0.349. The first kappa shape index (κ1) is 13.7. The van der Waals surface area contributed by atoms with Gasteiger partial charge in [-0.15, -0.1) is 0 Å². The lowest BCUT2D eigenvalue weighted by molar-refractivity contribution is -0.117. The number of likely N-dealkylation sites (N-methyl/N-ethyl adjacent to an activating group) is 1. The van der Waals surface area contributed by atoms with Crippen LogP contribution in [-0.2, 0) is 4.79 Å². The first-order valence-corrected chi connectivity index (χ1v) is 6.37. The quantitative estimate of drug-likeness (QED) is 0.844. The van der Waals surface area contributed by atoms with Gasteiger partial charge in [-0.25, -0.2) is 0 Å². The van der Waals surface area contributed by atoms with Crippen LogP contribution in [0, 0.1) is 0 Å². The van der Waals surface area contributed by atoms with Gasteiger partial charge in [-0.1, -0.05) is 0 Å². The molecule has 19 heavy (non-hydrogen) atoms. The van der Waals surface area contributed by atoms with Crippen LogP contribution in [-0.4, -0.2) is 39.8 Å². The van der Waals surface area contributed by atoms with Gasteiger partial charge in [0.2, 0.25) is 5.91 Å². The van der Waals surface area contributed by atoms with Crippen LogP contribution in [0.25, 0.3) is 0 Å². The number of hydrogen-bond acceptors (Lipinski definition) is 4. The maximum atomic E-state index is 12.1. The van der Waals surface area contributed by atoms with Gasteiger partial charge in [0.05, 0.1) is 26.5 Å². The van der Waals surface area contributed by atoms with Crippen molar-refractivity contribution in [1.29, 1.82) is 0 Å². The summed E-state index contributed by atoms with van der Waals surface area (Å²) in [6.07, 6.45) is 2.33. The van der Waals surface area contributed by atoms with E-state index in [9.17, 15) is 4.79 Å². The summed E-state index contributed by atoms with van der Waals surface area (Å²) in [5.74, 6) is 1.37. The Balaban J connectivity index is 2.10. The maximum Gasteiger partial charge on any atom is 0.240 e. The molecule has 0 atom stereocenters. The molecule has 1 saturated carbocycles. The van der Waals surface area contributed by atoms with Gasteiger partial charge >= 0.3 is 0 Å². The molecule has 1 aliphatic rings. The van der Waals surface area contributed by atoms with Crippen LogP contribution in [0.5, 0.6) is 11.5 Å². The second-order valence-electron chi connectivity index (χ2n) is 4.65. The second kappa shape index (κ2) is 5.93. The molecule has 0 heterocycles. The molecule has 1 aromatic rings. The van der Waals surface area contributed by atoms with Gasteiger partial charge in [0, 0.05) is 19.2 Å². The standard InChI is InChI=1S/C14H20N2O3/c1-16(14(17)9-15-10-4-5-10)12-8-11(18-2)6-7-13(12)19-3/h6-8,10,15H,4-5,9H2,1-3H3. The summed E-state index contributed by atoms with van der Waals surface area (Å²) in [5, 5.41) is 3.21. The Bertz CT molecular complexity index is 458. The van der Waals surface area contributed by atoms with E-state index in [2.05, 4.69) is 5.32 Å². The number of hydrogen-bond donors (Lipinski definition) is 1. The summed E-state index contributed by atoms with van der Waals surface area (Å²) in [6, 6.07) is 5.92. The molecule has 1 aromatic carbocycles. The third-order valence-corrected chi connectivity index (χ3v) is 3.24. The van der Waals surface area contributed by atoms with E-state index < -0.39 is 0 Å². The van der Waals surface area contributed by atoms with E-state index in [-0.39, 0.29) is 5.91 Å². The van der Waals surface area contributed by atoms with Crippen molar-refractivity contribution in [3.05, 3.63) is 18.2 Å². The zero-order valence-electron chi connectivity index (χ0n) is 11.6. The fourth-order valence-electron chi connectivity index (χ4n) is 1.83. The smallest absolute Gasteiger partial charge is 0.240 e. The second-order valence-corrected chi connectivity index (χ2v) is 4.65. The van der Waals surface area contributed by atoms with Gasteiger partial charge in [-0.2, -0.15) is 0 Å². The minimum Gasteiger partial charge on any atom is -0.497 e. The Morgan fingerprint density at radius 1 is 1.37 bits per heavy atom. The average molecular weight is 264 g/mol. The topological polar surface area (TPSA) is 50.8 Å². The summed E-state index contributed by atoms with van der Waals surface area (Å²) < 4.78 is 10.5. The highest BCUT2D eigenvalue weighted by atomic mass is 16.5. The van der Waals surface area contributed by atoms with Crippen LogP contribution in [0.2, 0.25) is 0 Å². The van der Waals surface area contributed by atoms with E-state index in [0.717, 1.165) is 0 Å². The third kappa shape index (κ3) is 3.38. The van der Waals surface area contributed by atoms with Crippen molar-refractivity contribution >= 4 is 11.6 Å². The highest BCUT2D eigenvalue weighted by Crippen LogP contribution is 2.31. The van der Waals surface area contributed by atoms with Crippen molar-refractivity contribution < 1.29 is 14.3 Å². The van der Waals surface area contributed by atoms with Crippen LogP contribution >= 0.6 is 0 Å². The number of ether oxygens (including phenoxy) is 2. The van der Waals surface area contributed by atoms with Crippen LogP contribution < -0.4 is 19.7 Å². The Hall–Kier alpha value is -1.75. The molecule has 1 fully saturated rings. The van der Waals surface area contributed by atoms with Crippen LogP contribution in [0.15, 0.2) is 18.2 Å². The highest BCUT2D eigenvalue weighted by Gasteiger charge is 2.23. The molecular weight excluding hydrogens is 244 g/mol. The summed E-state index contributed by atoms with van der Waals surface area (Å²) in [5.41, 5.74) is 0.712. The summed E-state index contributed by atoms with van der Waals surface area (Å²) >= 11 is 0. The molecule has 1 aliphatic carbocycles. The molecule has 0 aromatic heterocycles. The zero-order valence-corrected chi connectivity index (χ0v) is 11.6. The minimum atomic E-state index is 0.0125. The van der Waals surface area contributed by atoms with Crippen molar-refractivity contribution in [3.8, 4) is 11.5 Å². The van der Waals surface area contributed by atoms with E-state index >= 15 is 0 Å². The van der Waals surface area contributed by atoms with Crippen molar-refractivity contribution in [1.82, 2.24) is 5.32 Å². The van der Waals surface area contributed by atoms with E-state index in [1.54, 1.807) is 38.3 Å². The van der Waals surface area contributed by atoms with Gasteiger partial charge in [0.25, 0.3) is 0 Å². The Morgan fingerprint density at radius 2 is 2.11 bits per heavy atom. The molecule has 0 spiro atoms. The van der Waals surface area contributed by atoms with E-state index in [0.29, 0.717) is 29.8 Å². The largest absolute Gasteiger partial charge is 0.497 e. The van der Waals surface area contributed by atoms with Gasteiger partial charge in [-0.05, 0) is 25.0 Å². The number of methoxy groups -OCH3 is 2.